The third kappa shape index (κ3) is 12.2. The Kier molecular flexibility index (Phi) is 763. The highest BCUT2D eigenvalue weighted by atomic mass is 35.5. The zero-order valence-electron chi connectivity index (χ0n) is 2.59. The summed E-state index contributed by atoms with van der Waals surface area (Å²) in [7, 11) is 0. The first kappa shape index (κ1) is 82.6. The summed E-state index contributed by atoms with van der Waals surface area (Å²) in [6.45, 7) is 0. The van der Waals surface area contributed by atoms with Gasteiger partial charge in [0.25, 0.3) is 0 Å². The summed E-state index contributed by atoms with van der Waals surface area (Å²) >= 11 is 0. The first-order chi connectivity index (χ1) is 0. The van der Waals surface area contributed by atoms with Crippen LogP contribution in [0.5, 0.6) is 0 Å². The summed E-state index contributed by atoms with van der Waals surface area (Å²) in [4.78, 5) is 0. The molecular formula is H6ClMgNO. The fraction of sp³-hybridized carbons (Fsp3) is 0. The van der Waals surface area contributed by atoms with Gasteiger partial charge in [0.2, 0.25) is 0 Å². The minimum atomic E-state index is 0. The van der Waals surface area contributed by atoms with Crippen LogP contribution in [0.2, 0.25) is 0 Å². The van der Waals surface area contributed by atoms with E-state index in [4.69, 9.17) is 0 Å². The van der Waals surface area contributed by atoms with Crippen LogP contribution in [0.25, 0.3) is 0 Å². The van der Waals surface area contributed by atoms with Crippen LogP contribution in [0.3, 0.4) is 0 Å². The standard InChI is InChI=1S/ClH.Mg.H3N.H2O/h1H;;1H3;1H2. The lowest BCUT2D eigenvalue weighted by atomic mass is 14.0. The van der Waals surface area contributed by atoms with Gasteiger partial charge in [-0.15, -0.1) is 0 Å². The lowest BCUT2D eigenvalue weighted by Gasteiger charge is -1.00. The van der Waals surface area contributed by atoms with E-state index < -0.39 is 0 Å². The Hall–Kier alpha value is 0.976. The van der Waals surface area contributed by atoms with Crippen molar-refractivity contribution < 1.29 is 17.9 Å². The predicted molar refractivity (Wildman–Crippen MR) is 15.4 cm³/mol. The maximum Gasteiger partial charge on any atom is 0 e. The Morgan fingerprint density at radius 3 is 1.00 bits per heavy atom. The van der Waals surface area contributed by atoms with Crippen LogP contribution in [-0.4, -0.2) is 28.5 Å². The first-order valence-electron chi connectivity index (χ1n) is 0. The minimum absolute atomic E-state index is 0. The fourth-order valence-electron chi connectivity index (χ4n) is 0. The molecule has 0 spiro atoms. The average molecular weight is 95.8 g/mol. The number of rotatable bonds is 0. The molecule has 26 valence electrons. The smallest absolute Gasteiger partial charge is 0 e. The highest BCUT2D eigenvalue weighted by Gasteiger charge is 0.00000616. The fourth-order valence-corrected chi connectivity index (χ4v) is 0. The summed E-state index contributed by atoms with van der Waals surface area (Å²) in [5.74, 6) is 0. The van der Waals surface area contributed by atoms with Crippen molar-refractivity contribution in [2.24, 2.45) is 0 Å². The van der Waals surface area contributed by atoms with Crippen molar-refractivity contribution in [2.45, 2.75) is 0 Å². The van der Waals surface area contributed by atoms with Gasteiger partial charge < -0.3 is 24.0 Å². The quantitative estimate of drug-likeness (QED) is 0.300. The van der Waals surface area contributed by atoms with Crippen LogP contribution in [0.15, 0.2) is 0 Å². The van der Waals surface area contributed by atoms with E-state index in [-0.39, 0.29) is 47.1 Å². The number of hydrogen-bond donors (Lipinski definition) is 1. The molecule has 0 atom stereocenters. The summed E-state index contributed by atoms with van der Waals surface area (Å²) < 4.78 is 0. The van der Waals surface area contributed by atoms with E-state index in [2.05, 4.69) is 0 Å². The molecule has 2 nitrogen and oxygen atoms in total. The van der Waals surface area contributed by atoms with Gasteiger partial charge >= 0.3 is 0 Å². The second-order valence-electron chi connectivity index (χ2n) is 0. The molecule has 0 rings (SSSR count). The topological polar surface area (TPSA) is 68.0 Å². The molecule has 0 bridgehead atoms. The number of halogens is 1. The van der Waals surface area contributed by atoms with Gasteiger partial charge in [-0.2, -0.15) is 0 Å². The Bertz CT molecular complexity index is 8.00. The Balaban J connectivity index is 0. The highest BCUT2D eigenvalue weighted by Crippen LogP contribution is -0.289. The average Bonchev–Trinajstić information content (AvgIpc) is 0. The van der Waals surface area contributed by atoms with E-state index in [0.29, 0.717) is 0 Å². The van der Waals surface area contributed by atoms with Gasteiger partial charge in [-0.05, 0) is 0 Å². The molecule has 0 aromatic heterocycles. The van der Waals surface area contributed by atoms with Crippen molar-refractivity contribution in [3.8, 4) is 0 Å². The molecule has 6 N–H and O–H groups in total. The van der Waals surface area contributed by atoms with E-state index in [1.807, 2.05) is 0 Å². The van der Waals surface area contributed by atoms with Crippen molar-refractivity contribution in [1.29, 1.82) is 0 Å². The van der Waals surface area contributed by atoms with Crippen LogP contribution >= 0.6 is 0 Å². The molecule has 0 aliphatic heterocycles. The second-order valence-corrected chi connectivity index (χ2v) is 0. The molecule has 0 fully saturated rings. The molecule has 4 heteroatoms. The predicted octanol–water partition coefficient (Wildman–Crippen LogP) is -3.83. The van der Waals surface area contributed by atoms with E-state index in [1.165, 1.54) is 0 Å². The van der Waals surface area contributed by atoms with Gasteiger partial charge in [0.05, 0.1) is 0 Å². The maximum absolute atomic E-state index is 0. The molecule has 0 saturated carbocycles. The highest BCUT2D eigenvalue weighted by molar-refractivity contribution is 5.75. The Morgan fingerprint density at radius 1 is 1.00 bits per heavy atom. The molecule has 0 aromatic rings. The minimum Gasteiger partial charge on any atom is -1.00 e. The zero-order valence-corrected chi connectivity index (χ0v) is 4.76. The summed E-state index contributed by atoms with van der Waals surface area (Å²) in [6, 6.07) is 0. The molecule has 0 aliphatic rings. The lowest BCUT2D eigenvalue weighted by molar-refractivity contribution is -0.00000185. The Labute approximate surface area is 47.4 Å². The SMILES string of the molecule is O.[Cl-].[Mg].[NH4+]. The van der Waals surface area contributed by atoms with Crippen molar-refractivity contribution >= 4 is 23.1 Å². The summed E-state index contributed by atoms with van der Waals surface area (Å²) in [5.41, 5.74) is 0. The molecule has 0 aliphatic carbocycles. The molecule has 0 heterocycles. The molecule has 0 saturated heterocycles. The molecular weight excluding hydrogens is 89.8 g/mol. The van der Waals surface area contributed by atoms with E-state index in [1.54, 1.807) is 0 Å². The number of quaternary nitrogens is 1. The largest absolute Gasteiger partial charge is 1.00 e. The normalized spacial score (nSPS) is 0. The van der Waals surface area contributed by atoms with Crippen LogP contribution in [0, 0.1) is 0 Å². The van der Waals surface area contributed by atoms with Gasteiger partial charge in [0, 0.05) is 23.1 Å². The van der Waals surface area contributed by atoms with Gasteiger partial charge in [-0.25, -0.2) is 0 Å². The molecule has 0 amide bonds. The summed E-state index contributed by atoms with van der Waals surface area (Å²) in [5, 5.41) is 0. The van der Waals surface area contributed by atoms with Crippen molar-refractivity contribution in [1.82, 2.24) is 6.15 Å². The Morgan fingerprint density at radius 2 is 1.00 bits per heavy atom. The maximum atomic E-state index is 0. The third-order valence-corrected chi connectivity index (χ3v) is 0. The molecule has 0 unspecified atom stereocenters. The van der Waals surface area contributed by atoms with Gasteiger partial charge in [0.15, 0.2) is 0 Å². The van der Waals surface area contributed by atoms with Gasteiger partial charge in [0.1, 0.15) is 0 Å². The van der Waals surface area contributed by atoms with E-state index in [9.17, 15) is 0 Å². The van der Waals surface area contributed by atoms with Gasteiger partial charge in [-0.3, -0.25) is 0 Å². The lowest BCUT2D eigenvalue weighted by Crippen LogP contribution is -3.00. The summed E-state index contributed by atoms with van der Waals surface area (Å²) in [6.07, 6.45) is 0. The van der Waals surface area contributed by atoms with Crippen LogP contribution in [0.4, 0.5) is 0 Å². The van der Waals surface area contributed by atoms with Crippen LogP contribution < -0.4 is 18.6 Å². The van der Waals surface area contributed by atoms with Crippen LogP contribution in [-0.2, 0) is 0 Å². The molecule has 4 heavy (non-hydrogen) atoms. The number of hydrogen-bond acceptors (Lipinski definition) is 0. The zero-order chi connectivity index (χ0) is 0. The molecule has 2 radical (unpaired) electrons. The van der Waals surface area contributed by atoms with Crippen LogP contribution in [0.1, 0.15) is 0 Å². The molecule has 0 aromatic carbocycles. The van der Waals surface area contributed by atoms with E-state index in [0.717, 1.165) is 0 Å². The third-order valence-electron chi connectivity index (χ3n) is 0. The van der Waals surface area contributed by atoms with Gasteiger partial charge in [-0.1, -0.05) is 0 Å². The van der Waals surface area contributed by atoms with Crippen molar-refractivity contribution in [2.75, 3.05) is 0 Å². The van der Waals surface area contributed by atoms with Crippen molar-refractivity contribution in [3.05, 3.63) is 0 Å². The van der Waals surface area contributed by atoms with E-state index >= 15 is 0 Å². The monoisotopic (exact) mass is 95.0 g/mol. The second kappa shape index (κ2) is 37.0. The first-order valence-corrected chi connectivity index (χ1v) is 0. The van der Waals surface area contributed by atoms with Crippen molar-refractivity contribution in [3.63, 3.8) is 0 Å².